The third-order valence-electron chi connectivity index (χ3n) is 2.64. The lowest BCUT2D eigenvalue weighted by molar-refractivity contribution is -0.144. The van der Waals surface area contributed by atoms with E-state index < -0.39 is 11.7 Å². The molecule has 1 fully saturated rings. The number of ether oxygens (including phenoxy) is 1. The maximum atomic E-state index is 13.7. The van der Waals surface area contributed by atoms with E-state index in [9.17, 15) is 9.18 Å². The first kappa shape index (κ1) is 11.9. The summed E-state index contributed by atoms with van der Waals surface area (Å²) in [6.07, 6.45) is 1.78. The van der Waals surface area contributed by atoms with Gasteiger partial charge in [-0.05, 0) is 25.0 Å². The van der Waals surface area contributed by atoms with Crippen molar-refractivity contribution >= 4 is 5.91 Å². The van der Waals surface area contributed by atoms with Crippen LogP contribution in [0.3, 0.4) is 0 Å². The van der Waals surface area contributed by atoms with Gasteiger partial charge in [-0.2, -0.15) is 0 Å². The zero-order chi connectivity index (χ0) is 12.3. The first-order valence-electron chi connectivity index (χ1n) is 5.51. The van der Waals surface area contributed by atoms with Crippen molar-refractivity contribution in [1.82, 2.24) is 5.06 Å². The van der Waals surface area contributed by atoms with Crippen LogP contribution < -0.4 is 4.74 Å². The zero-order valence-corrected chi connectivity index (χ0v) is 9.61. The second kappa shape index (κ2) is 5.14. The SMILES string of the molecule is COc1cccc(F)c1C(=O)N1CCCCO1. The van der Waals surface area contributed by atoms with Gasteiger partial charge in [-0.25, -0.2) is 9.45 Å². The third kappa shape index (κ3) is 2.39. The molecule has 1 aromatic carbocycles. The molecule has 1 heterocycles. The first-order valence-corrected chi connectivity index (χ1v) is 5.51. The lowest BCUT2D eigenvalue weighted by atomic mass is 10.1. The Hall–Kier alpha value is -1.62. The summed E-state index contributed by atoms with van der Waals surface area (Å²) in [5.74, 6) is -0.854. The Balaban J connectivity index is 2.29. The van der Waals surface area contributed by atoms with Crippen LogP contribution in [0.25, 0.3) is 0 Å². The summed E-state index contributed by atoms with van der Waals surface area (Å²) in [4.78, 5) is 17.3. The van der Waals surface area contributed by atoms with Crippen LogP contribution in [0.1, 0.15) is 23.2 Å². The molecule has 0 aliphatic carbocycles. The van der Waals surface area contributed by atoms with Crippen molar-refractivity contribution in [3.8, 4) is 5.75 Å². The molecule has 17 heavy (non-hydrogen) atoms. The number of carbonyl (C=O) groups is 1. The highest BCUT2D eigenvalue weighted by molar-refractivity contribution is 5.96. The molecule has 2 rings (SSSR count). The normalized spacial score (nSPS) is 15.8. The number of hydroxylamine groups is 2. The average Bonchev–Trinajstić information content (AvgIpc) is 2.38. The summed E-state index contributed by atoms with van der Waals surface area (Å²) in [6, 6.07) is 4.29. The molecule has 1 aliphatic rings. The molecule has 0 unspecified atom stereocenters. The minimum absolute atomic E-state index is 0.0723. The third-order valence-corrected chi connectivity index (χ3v) is 2.64. The first-order chi connectivity index (χ1) is 8.24. The topological polar surface area (TPSA) is 38.8 Å². The predicted octanol–water partition coefficient (Wildman–Crippen LogP) is 2.00. The number of nitrogens with zero attached hydrogens (tertiary/aromatic N) is 1. The zero-order valence-electron chi connectivity index (χ0n) is 9.61. The summed E-state index contributed by atoms with van der Waals surface area (Å²) in [7, 11) is 1.41. The molecule has 5 heteroatoms. The Morgan fingerprint density at radius 2 is 2.29 bits per heavy atom. The van der Waals surface area contributed by atoms with Crippen LogP contribution in [0.2, 0.25) is 0 Å². The second-order valence-electron chi connectivity index (χ2n) is 3.76. The molecule has 0 aromatic heterocycles. The minimum atomic E-state index is -0.594. The summed E-state index contributed by atoms with van der Waals surface area (Å²) in [5.41, 5.74) is -0.0723. The monoisotopic (exact) mass is 239 g/mol. The van der Waals surface area contributed by atoms with Gasteiger partial charge in [-0.1, -0.05) is 6.07 Å². The average molecular weight is 239 g/mol. The van der Waals surface area contributed by atoms with Gasteiger partial charge < -0.3 is 4.74 Å². The molecular weight excluding hydrogens is 225 g/mol. The van der Waals surface area contributed by atoms with Gasteiger partial charge in [0.2, 0.25) is 0 Å². The summed E-state index contributed by atoms with van der Waals surface area (Å²) in [5, 5.41) is 1.20. The van der Waals surface area contributed by atoms with Crippen LogP contribution in [0.5, 0.6) is 5.75 Å². The number of hydrogen-bond acceptors (Lipinski definition) is 3. The number of benzene rings is 1. The van der Waals surface area contributed by atoms with E-state index in [0.717, 1.165) is 12.8 Å². The number of hydrogen-bond donors (Lipinski definition) is 0. The van der Waals surface area contributed by atoms with Gasteiger partial charge in [-0.15, -0.1) is 0 Å². The van der Waals surface area contributed by atoms with E-state index in [0.29, 0.717) is 13.2 Å². The largest absolute Gasteiger partial charge is 0.496 e. The van der Waals surface area contributed by atoms with Crippen molar-refractivity contribution < 1.29 is 18.8 Å². The molecule has 1 saturated heterocycles. The van der Waals surface area contributed by atoms with Crippen LogP contribution in [-0.4, -0.2) is 31.2 Å². The van der Waals surface area contributed by atoms with Crippen LogP contribution in [0, 0.1) is 5.82 Å². The number of amides is 1. The lowest BCUT2D eigenvalue weighted by Crippen LogP contribution is -2.36. The van der Waals surface area contributed by atoms with Crippen molar-refractivity contribution in [3.63, 3.8) is 0 Å². The van der Waals surface area contributed by atoms with Crippen molar-refractivity contribution in [2.45, 2.75) is 12.8 Å². The molecule has 0 saturated carbocycles. The molecule has 92 valence electrons. The lowest BCUT2D eigenvalue weighted by Gasteiger charge is -2.26. The van der Waals surface area contributed by atoms with Crippen molar-refractivity contribution in [2.75, 3.05) is 20.3 Å². The van der Waals surface area contributed by atoms with E-state index in [1.807, 2.05) is 0 Å². The second-order valence-corrected chi connectivity index (χ2v) is 3.76. The van der Waals surface area contributed by atoms with Gasteiger partial charge in [-0.3, -0.25) is 9.63 Å². The Morgan fingerprint density at radius 3 is 2.94 bits per heavy atom. The molecule has 1 amide bonds. The van der Waals surface area contributed by atoms with Crippen LogP contribution in [0.15, 0.2) is 18.2 Å². The fraction of sp³-hybridized carbons (Fsp3) is 0.417. The minimum Gasteiger partial charge on any atom is -0.496 e. The van der Waals surface area contributed by atoms with E-state index in [2.05, 4.69) is 0 Å². The number of methoxy groups -OCH3 is 1. The maximum absolute atomic E-state index is 13.7. The molecule has 0 atom stereocenters. The molecule has 1 aliphatic heterocycles. The van der Waals surface area contributed by atoms with Gasteiger partial charge in [0.05, 0.1) is 13.7 Å². The van der Waals surface area contributed by atoms with Gasteiger partial charge in [0.25, 0.3) is 5.91 Å². The Bertz CT molecular complexity index is 416. The maximum Gasteiger partial charge on any atom is 0.284 e. The van der Waals surface area contributed by atoms with E-state index in [-0.39, 0.29) is 11.3 Å². The van der Waals surface area contributed by atoms with Gasteiger partial charge in [0.15, 0.2) is 0 Å². The smallest absolute Gasteiger partial charge is 0.284 e. The number of rotatable bonds is 2. The van der Waals surface area contributed by atoms with Crippen molar-refractivity contribution in [2.24, 2.45) is 0 Å². The fourth-order valence-corrected chi connectivity index (χ4v) is 1.76. The molecule has 1 aromatic rings. The summed E-state index contributed by atoms with van der Waals surface area (Å²) in [6.45, 7) is 0.971. The summed E-state index contributed by atoms with van der Waals surface area (Å²) >= 11 is 0. The highest BCUT2D eigenvalue weighted by Gasteiger charge is 2.25. The van der Waals surface area contributed by atoms with E-state index in [1.165, 1.54) is 24.3 Å². The Labute approximate surface area is 98.9 Å². The Kier molecular flexibility index (Phi) is 3.58. The highest BCUT2D eigenvalue weighted by Crippen LogP contribution is 2.24. The molecule has 4 nitrogen and oxygen atoms in total. The van der Waals surface area contributed by atoms with Crippen LogP contribution in [0.4, 0.5) is 4.39 Å². The molecule has 0 radical (unpaired) electrons. The van der Waals surface area contributed by atoms with E-state index in [1.54, 1.807) is 6.07 Å². The van der Waals surface area contributed by atoms with Gasteiger partial charge in [0.1, 0.15) is 17.1 Å². The highest BCUT2D eigenvalue weighted by atomic mass is 19.1. The van der Waals surface area contributed by atoms with E-state index in [4.69, 9.17) is 9.57 Å². The number of halogens is 1. The standard InChI is InChI=1S/C12H14FNO3/c1-16-10-6-4-5-9(13)11(10)12(15)14-7-2-3-8-17-14/h4-6H,2-3,7-8H2,1H3. The molecule has 0 bridgehead atoms. The van der Waals surface area contributed by atoms with Gasteiger partial charge in [0, 0.05) is 6.54 Å². The quantitative estimate of drug-likeness (QED) is 0.792. The number of carbonyl (C=O) groups excluding carboxylic acids is 1. The fourth-order valence-electron chi connectivity index (χ4n) is 1.76. The van der Waals surface area contributed by atoms with E-state index >= 15 is 0 Å². The Morgan fingerprint density at radius 1 is 1.47 bits per heavy atom. The van der Waals surface area contributed by atoms with Crippen LogP contribution >= 0.6 is 0 Å². The van der Waals surface area contributed by atoms with Crippen LogP contribution in [-0.2, 0) is 4.84 Å². The van der Waals surface area contributed by atoms with Crippen molar-refractivity contribution in [1.29, 1.82) is 0 Å². The molecular formula is C12H14FNO3. The molecule has 0 N–H and O–H groups in total. The van der Waals surface area contributed by atoms with Crippen molar-refractivity contribution in [3.05, 3.63) is 29.6 Å². The molecule has 0 spiro atoms. The van der Waals surface area contributed by atoms with Gasteiger partial charge >= 0.3 is 0 Å². The predicted molar refractivity (Wildman–Crippen MR) is 59.2 cm³/mol. The summed E-state index contributed by atoms with van der Waals surface area (Å²) < 4.78 is 18.7.